The molecule has 0 spiro atoms. The van der Waals surface area contributed by atoms with E-state index in [1.54, 1.807) is 18.2 Å². The molecule has 0 aliphatic carbocycles. The smallest absolute Gasteiger partial charge is 0.200 e. The Labute approximate surface area is 139 Å². The fourth-order valence-electron chi connectivity index (χ4n) is 2.28. The van der Waals surface area contributed by atoms with Gasteiger partial charge in [0.1, 0.15) is 22.8 Å². The van der Waals surface area contributed by atoms with Gasteiger partial charge in [0.25, 0.3) is 0 Å². The molecule has 0 saturated heterocycles. The zero-order chi connectivity index (χ0) is 17.9. The maximum absolute atomic E-state index is 12.7. The summed E-state index contributed by atoms with van der Waals surface area (Å²) in [4.78, 5) is 12.7. The first-order chi connectivity index (χ1) is 11.4. The van der Waals surface area contributed by atoms with E-state index in [1.165, 1.54) is 27.4 Å². The summed E-state index contributed by atoms with van der Waals surface area (Å²) in [5.74, 6) is -0.107. The number of Topliss-reactive ketones (excluding diaryl/α,β-unsaturated/α-hetero) is 1. The Balaban J connectivity index is 2.46. The highest BCUT2D eigenvalue weighted by Gasteiger charge is 2.22. The summed E-state index contributed by atoms with van der Waals surface area (Å²) in [5.41, 5.74) is 0.567. The van der Waals surface area contributed by atoms with Crippen LogP contribution in [-0.2, 0) is 0 Å². The summed E-state index contributed by atoms with van der Waals surface area (Å²) in [6.45, 7) is 3.80. The van der Waals surface area contributed by atoms with E-state index in [2.05, 4.69) is 6.58 Å². The van der Waals surface area contributed by atoms with Gasteiger partial charge in [0.05, 0.1) is 21.3 Å². The number of ketones is 1. The average molecular weight is 330 g/mol. The monoisotopic (exact) mass is 330 g/mol. The molecular formula is C18H18O6. The number of phenols is 2. The van der Waals surface area contributed by atoms with Crippen LogP contribution in [0.25, 0.3) is 5.57 Å². The van der Waals surface area contributed by atoms with Crippen LogP contribution in [0.15, 0.2) is 36.9 Å². The molecule has 0 aromatic heterocycles. The van der Waals surface area contributed by atoms with Gasteiger partial charge in [-0.25, -0.2) is 0 Å². The number of hydrogen-bond acceptors (Lipinski definition) is 6. The molecular weight excluding hydrogens is 312 g/mol. The minimum absolute atomic E-state index is 0.0547. The minimum Gasteiger partial charge on any atom is -0.508 e. The van der Waals surface area contributed by atoms with Crippen molar-refractivity contribution in [1.29, 1.82) is 0 Å². The lowest BCUT2D eigenvalue weighted by atomic mass is 9.96. The van der Waals surface area contributed by atoms with Crippen molar-refractivity contribution in [3.63, 3.8) is 0 Å². The summed E-state index contributed by atoms with van der Waals surface area (Å²) in [7, 11) is 4.34. The Morgan fingerprint density at radius 2 is 1.54 bits per heavy atom. The Morgan fingerprint density at radius 3 is 2.12 bits per heavy atom. The molecule has 0 aliphatic rings. The van der Waals surface area contributed by atoms with Crippen molar-refractivity contribution in [1.82, 2.24) is 0 Å². The van der Waals surface area contributed by atoms with E-state index in [0.717, 1.165) is 6.07 Å². The number of ether oxygens (including phenoxy) is 3. The number of allylic oxidation sites excluding steroid dienone is 1. The van der Waals surface area contributed by atoms with Gasteiger partial charge in [-0.2, -0.15) is 0 Å². The Hall–Kier alpha value is -3.15. The molecule has 0 amide bonds. The number of methoxy groups -OCH3 is 3. The van der Waals surface area contributed by atoms with Gasteiger partial charge < -0.3 is 24.4 Å². The first kappa shape index (κ1) is 17.2. The second-order valence-electron chi connectivity index (χ2n) is 4.92. The van der Waals surface area contributed by atoms with Gasteiger partial charge in [0.15, 0.2) is 11.5 Å². The maximum Gasteiger partial charge on any atom is 0.200 e. The van der Waals surface area contributed by atoms with Crippen LogP contribution in [0.1, 0.15) is 15.9 Å². The van der Waals surface area contributed by atoms with Crippen LogP contribution in [0.4, 0.5) is 0 Å². The van der Waals surface area contributed by atoms with Crippen LogP contribution >= 0.6 is 0 Å². The molecule has 0 aliphatic heterocycles. The van der Waals surface area contributed by atoms with Crippen molar-refractivity contribution in [2.75, 3.05) is 21.3 Å². The highest BCUT2D eigenvalue weighted by Crippen LogP contribution is 2.37. The fraction of sp³-hybridized carbons (Fsp3) is 0.167. The summed E-state index contributed by atoms with van der Waals surface area (Å²) >= 11 is 0. The number of phenolic OH excluding ortho intramolecular Hbond substituents is 2. The lowest BCUT2D eigenvalue weighted by Gasteiger charge is -2.13. The van der Waals surface area contributed by atoms with Gasteiger partial charge in [-0.15, -0.1) is 0 Å². The molecule has 2 N–H and O–H groups in total. The molecule has 2 aromatic carbocycles. The van der Waals surface area contributed by atoms with Crippen molar-refractivity contribution < 1.29 is 29.2 Å². The Morgan fingerprint density at radius 1 is 0.917 bits per heavy atom. The number of rotatable bonds is 6. The van der Waals surface area contributed by atoms with Crippen LogP contribution < -0.4 is 14.2 Å². The van der Waals surface area contributed by atoms with E-state index in [-0.39, 0.29) is 22.6 Å². The van der Waals surface area contributed by atoms with Crippen molar-refractivity contribution >= 4 is 11.4 Å². The number of hydrogen-bond donors (Lipinski definition) is 2. The number of aromatic hydroxyl groups is 2. The molecule has 24 heavy (non-hydrogen) atoms. The summed E-state index contributed by atoms with van der Waals surface area (Å²) in [6.07, 6.45) is 0. The Bertz CT molecular complexity index is 794. The zero-order valence-corrected chi connectivity index (χ0v) is 13.6. The van der Waals surface area contributed by atoms with Gasteiger partial charge in [0, 0.05) is 17.7 Å². The molecule has 2 rings (SSSR count). The topological polar surface area (TPSA) is 85.2 Å². The van der Waals surface area contributed by atoms with E-state index >= 15 is 0 Å². The molecule has 0 atom stereocenters. The van der Waals surface area contributed by atoms with Crippen LogP contribution in [-0.4, -0.2) is 37.3 Å². The molecule has 6 heteroatoms. The SMILES string of the molecule is C=C(C(=O)c1c(O)cc(O)cc1OC)c1ccc(OC)c(OC)c1. The zero-order valence-electron chi connectivity index (χ0n) is 13.6. The molecule has 6 nitrogen and oxygen atoms in total. The van der Waals surface area contributed by atoms with Crippen LogP contribution in [0, 0.1) is 0 Å². The van der Waals surface area contributed by atoms with Gasteiger partial charge in [-0.3, -0.25) is 4.79 Å². The quantitative estimate of drug-likeness (QED) is 0.625. The van der Waals surface area contributed by atoms with Crippen LogP contribution in [0.3, 0.4) is 0 Å². The van der Waals surface area contributed by atoms with Crippen molar-refractivity contribution in [3.05, 3.63) is 48.0 Å². The highest BCUT2D eigenvalue weighted by molar-refractivity contribution is 6.30. The summed E-state index contributed by atoms with van der Waals surface area (Å²) < 4.78 is 15.4. The van der Waals surface area contributed by atoms with Crippen LogP contribution in [0.2, 0.25) is 0 Å². The Kier molecular flexibility index (Phi) is 4.99. The fourth-order valence-corrected chi connectivity index (χ4v) is 2.28. The molecule has 0 fully saturated rings. The average Bonchev–Trinajstić information content (AvgIpc) is 2.59. The van der Waals surface area contributed by atoms with E-state index in [4.69, 9.17) is 14.2 Å². The van der Waals surface area contributed by atoms with Gasteiger partial charge in [0.2, 0.25) is 5.78 Å². The van der Waals surface area contributed by atoms with Crippen LogP contribution in [0.5, 0.6) is 28.7 Å². The van der Waals surface area contributed by atoms with Gasteiger partial charge in [-0.05, 0) is 17.7 Å². The van der Waals surface area contributed by atoms with Gasteiger partial charge >= 0.3 is 0 Å². The van der Waals surface area contributed by atoms with E-state index in [0.29, 0.717) is 17.1 Å². The van der Waals surface area contributed by atoms with E-state index < -0.39 is 11.5 Å². The molecule has 0 bridgehead atoms. The third kappa shape index (κ3) is 3.12. The summed E-state index contributed by atoms with van der Waals surface area (Å²) in [5, 5.41) is 19.5. The van der Waals surface area contributed by atoms with E-state index in [1.807, 2.05) is 0 Å². The lowest BCUT2D eigenvalue weighted by molar-refractivity contribution is 0.105. The maximum atomic E-state index is 12.7. The largest absolute Gasteiger partial charge is 0.508 e. The predicted molar refractivity (Wildman–Crippen MR) is 89.2 cm³/mol. The van der Waals surface area contributed by atoms with Crippen molar-refractivity contribution in [3.8, 4) is 28.7 Å². The first-order valence-electron chi connectivity index (χ1n) is 6.98. The minimum atomic E-state index is -0.531. The number of carbonyl (C=O) groups is 1. The molecule has 0 unspecified atom stereocenters. The van der Waals surface area contributed by atoms with Crippen molar-refractivity contribution in [2.24, 2.45) is 0 Å². The first-order valence-corrected chi connectivity index (χ1v) is 6.98. The lowest BCUT2D eigenvalue weighted by Crippen LogP contribution is -2.05. The molecule has 2 aromatic rings. The van der Waals surface area contributed by atoms with Crippen molar-refractivity contribution in [2.45, 2.75) is 0 Å². The third-order valence-corrected chi connectivity index (χ3v) is 3.52. The third-order valence-electron chi connectivity index (χ3n) is 3.52. The number of benzene rings is 2. The van der Waals surface area contributed by atoms with Gasteiger partial charge in [-0.1, -0.05) is 12.6 Å². The highest BCUT2D eigenvalue weighted by atomic mass is 16.5. The standard InChI is InChI=1S/C18H18O6/c1-10(11-5-6-14(22-2)15(7-11)23-3)18(21)17-13(20)8-12(19)9-16(17)24-4/h5-9,19-20H,1H2,2-4H3. The molecule has 126 valence electrons. The number of carbonyl (C=O) groups excluding carboxylic acids is 1. The predicted octanol–water partition coefficient (Wildman–Crippen LogP) is 3.02. The molecule has 0 heterocycles. The van der Waals surface area contributed by atoms with E-state index in [9.17, 15) is 15.0 Å². The second-order valence-corrected chi connectivity index (χ2v) is 4.92. The molecule has 0 radical (unpaired) electrons. The summed E-state index contributed by atoms with van der Waals surface area (Å²) in [6, 6.07) is 7.24. The normalized spacial score (nSPS) is 10.1. The second kappa shape index (κ2) is 6.95. The molecule has 0 saturated carbocycles.